The number of aryl methyl sites for hydroxylation is 2. The van der Waals surface area contributed by atoms with Crippen LogP contribution in [-0.2, 0) is 12.8 Å². The highest BCUT2D eigenvalue weighted by molar-refractivity contribution is 7.19. The quantitative estimate of drug-likeness (QED) is 0.868. The molecule has 0 saturated carbocycles. The van der Waals surface area contributed by atoms with Crippen LogP contribution in [0.15, 0.2) is 6.33 Å². The summed E-state index contributed by atoms with van der Waals surface area (Å²) in [7, 11) is 0. The Balaban J connectivity index is 0.000000545. The number of nitrogens with zero attached hydrogens (tertiary/aromatic N) is 2. The number of anilines is 1. The van der Waals surface area contributed by atoms with Crippen molar-refractivity contribution in [2.45, 2.75) is 65.3 Å². The summed E-state index contributed by atoms with van der Waals surface area (Å²) in [5, 5.41) is 12.5. The Morgan fingerprint density at radius 3 is 2.73 bits per heavy atom. The minimum atomic E-state index is 0.250. The van der Waals surface area contributed by atoms with E-state index in [1.807, 2.05) is 11.3 Å². The molecule has 5 heteroatoms. The zero-order chi connectivity index (χ0) is 15.9. The molecule has 0 amide bonds. The summed E-state index contributed by atoms with van der Waals surface area (Å²) >= 11 is 1.86. The molecule has 0 fully saturated rings. The van der Waals surface area contributed by atoms with Crippen LogP contribution in [0.4, 0.5) is 5.82 Å². The van der Waals surface area contributed by atoms with Crippen LogP contribution in [0.1, 0.15) is 56.9 Å². The minimum absolute atomic E-state index is 0.250. The third kappa shape index (κ3) is 3.76. The van der Waals surface area contributed by atoms with Gasteiger partial charge >= 0.3 is 0 Å². The van der Waals surface area contributed by atoms with Crippen molar-refractivity contribution in [3.05, 3.63) is 16.8 Å². The van der Waals surface area contributed by atoms with Gasteiger partial charge in [-0.15, -0.1) is 11.3 Å². The van der Waals surface area contributed by atoms with Crippen LogP contribution in [0.25, 0.3) is 10.2 Å². The van der Waals surface area contributed by atoms with E-state index in [0.717, 1.165) is 17.1 Å². The summed E-state index contributed by atoms with van der Waals surface area (Å²) in [5.74, 6) is 1.06. The Labute approximate surface area is 137 Å². The molecule has 4 nitrogen and oxygen atoms in total. The van der Waals surface area contributed by atoms with E-state index >= 15 is 0 Å². The lowest BCUT2D eigenvalue weighted by atomic mass is 10.1. The molecule has 0 radical (unpaired) electrons. The fraction of sp³-hybridized carbons (Fsp3) is 0.647. The summed E-state index contributed by atoms with van der Waals surface area (Å²) in [6, 6.07) is 0.528. The minimum Gasteiger partial charge on any atom is -0.397 e. The van der Waals surface area contributed by atoms with E-state index in [0.29, 0.717) is 6.04 Å². The second kappa shape index (κ2) is 8.44. The summed E-state index contributed by atoms with van der Waals surface area (Å²) in [5.41, 5.74) is 1.51. The standard InChI is InChI=1S/C15H21N3S.C2H6O/c1-3-6-10(4-2)18-14-13-11-7-5-8-12(11)19-15(13)17-9-16-14;1-2-3/h9-10H,3-8H2,1-2H3,(H,16,17,18);3H,2H2,1H3. The second-order valence-corrected chi connectivity index (χ2v) is 6.70. The van der Waals surface area contributed by atoms with Crippen LogP contribution >= 0.6 is 11.3 Å². The molecule has 22 heavy (non-hydrogen) atoms. The average molecular weight is 321 g/mol. The van der Waals surface area contributed by atoms with Crippen molar-refractivity contribution >= 4 is 27.4 Å². The van der Waals surface area contributed by atoms with Crippen molar-refractivity contribution < 1.29 is 5.11 Å². The predicted molar refractivity (Wildman–Crippen MR) is 94.8 cm³/mol. The van der Waals surface area contributed by atoms with Gasteiger partial charge in [0.2, 0.25) is 0 Å². The molecule has 122 valence electrons. The lowest BCUT2D eigenvalue weighted by Gasteiger charge is -2.17. The van der Waals surface area contributed by atoms with E-state index in [2.05, 4.69) is 29.1 Å². The molecule has 0 spiro atoms. The smallest absolute Gasteiger partial charge is 0.138 e. The molecular weight excluding hydrogens is 294 g/mol. The van der Waals surface area contributed by atoms with E-state index in [4.69, 9.17) is 5.11 Å². The first kappa shape index (κ1) is 17.2. The molecule has 1 atom stereocenters. The molecule has 1 aliphatic carbocycles. The number of fused-ring (bicyclic) bond motifs is 3. The van der Waals surface area contributed by atoms with Gasteiger partial charge in [-0.25, -0.2) is 9.97 Å². The molecular formula is C17H27N3OS. The first-order valence-electron chi connectivity index (χ1n) is 8.37. The van der Waals surface area contributed by atoms with Gasteiger partial charge in [-0.1, -0.05) is 20.3 Å². The maximum Gasteiger partial charge on any atom is 0.138 e. The monoisotopic (exact) mass is 321 g/mol. The molecule has 2 aromatic heterocycles. The maximum atomic E-state index is 7.57. The first-order valence-corrected chi connectivity index (χ1v) is 9.19. The van der Waals surface area contributed by atoms with Crippen LogP contribution in [0.5, 0.6) is 0 Å². The van der Waals surface area contributed by atoms with Gasteiger partial charge < -0.3 is 10.4 Å². The van der Waals surface area contributed by atoms with E-state index < -0.39 is 0 Å². The van der Waals surface area contributed by atoms with E-state index in [1.54, 1.807) is 13.3 Å². The Morgan fingerprint density at radius 2 is 2.05 bits per heavy atom. The van der Waals surface area contributed by atoms with Crippen molar-refractivity contribution in [1.29, 1.82) is 0 Å². The number of nitrogens with one attached hydrogen (secondary N) is 1. The highest BCUT2D eigenvalue weighted by Crippen LogP contribution is 2.39. The van der Waals surface area contributed by atoms with E-state index in [-0.39, 0.29) is 6.61 Å². The average Bonchev–Trinajstić information content (AvgIpc) is 3.08. The molecule has 3 rings (SSSR count). The fourth-order valence-corrected chi connectivity index (χ4v) is 4.19. The number of hydrogen-bond acceptors (Lipinski definition) is 5. The third-order valence-corrected chi connectivity index (χ3v) is 5.17. The molecule has 0 bridgehead atoms. The van der Waals surface area contributed by atoms with Gasteiger partial charge in [0.15, 0.2) is 0 Å². The molecule has 0 aliphatic heterocycles. The van der Waals surface area contributed by atoms with Crippen LogP contribution < -0.4 is 5.32 Å². The normalized spacial score (nSPS) is 14.4. The number of thiophene rings is 1. The molecule has 2 aromatic rings. The van der Waals surface area contributed by atoms with Gasteiger partial charge in [-0.05, 0) is 44.6 Å². The first-order chi connectivity index (χ1) is 10.7. The maximum absolute atomic E-state index is 7.57. The van der Waals surface area contributed by atoms with Gasteiger partial charge in [0.05, 0.1) is 5.39 Å². The van der Waals surface area contributed by atoms with Crippen molar-refractivity contribution in [2.24, 2.45) is 0 Å². The lowest BCUT2D eigenvalue weighted by Crippen LogP contribution is -2.19. The van der Waals surface area contributed by atoms with Gasteiger partial charge in [-0.2, -0.15) is 0 Å². The van der Waals surface area contributed by atoms with Gasteiger partial charge in [0, 0.05) is 17.5 Å². The van der Waals surface area contributed by atoms with Gasteiger partial charge in [-0.3, -0.25) is 0 Å². The molecule has 1 aliphatic rings. The summed E-state index contributed by atoms with van der Waals surface area (Å²) in [6.45, 7) is 6.41. The molecule has 0 aromatic carbocycles. The van der Waals surface area contributed by atoms with Crippen molar-refractivity contribution in [3.63, 3.8) is 0 Å². The van der Waals surface area contributed by atoms with Crippen LogP contribution in [0.3, 0.4) is 0 Å². The van der Waals surface area contributed by atoms with Crippen LogP contribution in [0, 0.1) is 0 Å². The summed E-state index contributed by atoms with van der Waals surface area (Å²) in [4.78, 5) is 11.7. The van der Waals surface area contributed by atoms with E-state index in [9.17, 15) is 0 Å². The highest BCUT2D eigenvalue weighted by atomic mass is 32.1. The Morgan fingerprint density at radius 1 is 1.27 bits per heavy atom. The largest absolute Gasteiger partial charge is 0.397 e. The Kier molecular flexibility index (Phi) is 6.58. The third-order valence-electron chi connectivity index (χ3n) is 3.97. The zero-order valence-corrected chi connectivity index (χ0v) is 14.7. The molecule has 2 heterocycles. The lowest BCUT2D eigenvalue weighted by molar-refractivity contribution is 0.318. The SMILES string of the molecule is CCCC(CC)Nc1ncnc2sc3c(c12)CCC3.CCO. The van der Waals surface area contributed by atoms with Crippen LogP contribution in [-0.4, -0.2) is 27.7 Å². The Bertz CT molecular complexity index is 597. The summed E-state index contributed by atoms with van der Waals surface area (Å²) in [6.07, 6.45) is 8.97. The molecule has 1 unspecified atom stereocenters. The number of rotatable bonds is 5. The summed E-state index contributed by atoms with van der Waals surface area (Å²) < 4.78 is 0. The Hall–Kier alpha value is -1.20. The molecule has 0 saturated heterocycles. The number of hydrogen-bond donors (Lipinski definition) is 2. The van der Waals surface area contributed by atoms with Crippen molar-refractivity contribution in [1.82, 2.24) is 9.97 Å². The highest BCUT2D eigenvalue weighted by Gasteiger charge is 2.21. The zero-order valence-electron chi connectivity index (χ0n) is 13.9. The molecule has 2 N–H and O–H groups in total. The number of aliphatic hydroxyl groups is 1. The van der Waals surface area contributed by atoms with Crippen molar-refractivity contribution in [3.8, 4) is 0 Å². The van der Waals surface area contributed by atoms with Crippen LogP contribution in [0.2, 0.25) is 0 Å². The second-order valence-electron chi connectivity index (χ2n) is 5.61. The van der Waals surface area contributed by atoms with E-state index in [1.165, 1.54) is 47.9 Å². The topological polar surface area (TPSA) is 58.0 Å². The fourth-order valence-electron chi connectivity index (χ4n) is 2.96. The predicted octanol–water partition coefficient (Wildman–Crippen LogP) is 4.17. The number of aromatic nitrogens is 2. The number of aliphatic hydroxyl groups excluding tert-OH is 1. The van der Waals surface area contributed by atoms with Gasteiger partial charge in [0.25, 0.3) is 0 Å². The van der Waals surface area contributed by atoms with Gasteiger partial charge in [0.1, 0.15) is 17.0 Å². The van der Waals surface area contributed by atoms with Crippen molar-refractivity contribution in [2.75, 3.05) is 11.9 Å².